The van der Waals surface area contributed by atoms with E-state index >= 15 is 0 Å². The normalized spacial score (nSPS) is 15.9. The van der Waals surface area contributed by atoms with Crippen LogP contribution in [0.5, 0.6) is 0 Å². The first-order valence-corrected chi connectivity index (χ1v) is 15.7. The van der Waals surface area contributed by atoms with Crippen molar-refractivity contribution in [2.75, 3.05) is 25.0 Å². The van der Waals surface area contributed by atoms with Gasteiger partial charge in [-0.05, 0) is 71.8 Å². The minimum absolute atomic E-state index is 0.0720. The molecule has 0 saturated carbocycles. The molecule has 3 heterocycles. The molecule has 1 saturated heterocycles. The summed E-state index contributed by atoms with van der Waals surface area (Å²) in [6.45, 7) is 2.95. The third kappa shape index (κ3) is 7.48. The van der Waals surface area contributed by atoms with E-state index in [0.29, 0.717) is 37.7 Å². The minimum atomic E-state index is 0.0720. The Balaban J connectivity index is 1.16. The maximum absolute atomic E-state index is 13.6. The second kappa shape index (κ2) is 13.3. The number of nitrogens with zero attached hydrogens (tertiary/aromatic N) is 5. The average Bonchev–Trinajstić information content (AvgIpc) is 3.44. The molecule has 2 aromatic heterocycles. The summed E-state index contributed by atoms with van der Waals surface area (Å²) in [5, 5.41) is 14.0. The number of nitrogens with one attached hydrogen (secondary N) is 1. The third-order valence-corrected chi connectivity index (χ3v) is 8.42. The molecular weight excluding hydrogens is 692 g/mol. The van der Waals surface area contributed by atoms with Gasteiger partial charge in [-0.25, -0.2) is 0 Å². The number of Topliss-reactive ketones (excluding diaryl/α,β-unsaturated/α-hetero) is 1. The van der Waals surface area contributed by atoms with Crippen molar-refractivity contribution in [1.29, 1.82) is 0 Å². The summed E-state index contributed by atoms with van der Waals surface area (Å²) in [7, 11) is 0. The Labute approximate surface area is 271 Å². The molecule has 5 aromatic rings. The molecule has 216 valence electrons. The lowest BCUT2D eigenvalue weighted by Gasteiger charge is -2.29. The number of ketones is 1. The fraction of sp³-hybridized carbons (Fsp3) is 0.152. The average molecular weight is 719 g/mol. The molecule has 10 heteroatoms. The van der Waals surface area contributed by atoms with Crippen molar-refractivity contribution in [2.24, 2.45) is 0 Å². The molecular formula is C33H27Br2ClN6O. The molecule has 43 heavy (non-hydrogen) atoms. The van der Waals surface area contributed by atoms with Gasteiger partial charge in [-0.15, -0.1) is 5.10 Å². The van der Waals surface area contributed by atoms with Gasteiger partial charge in [0.2, 0.25) is 0 Å². The molecule has 0 atom stereocenters. The number of carbonyl (C=O) groups is 1. The first-order chi connectivity index (χ1) is 20.9. The van der Waals surface area contributed by atoms with Gasteiger partial charge in [-0.1, -0.05) is 72.9 Å². The predicted molar refractivity (Wildman–Crippen MR) is 180 cm³/mol. The first-order valence-electron chi connectivity index (χ1n) is 13.8. The van der Waals surface area contributed by atoms with Crippen molar-refractivity contribution >= 4 is 78.0 Å². The Hall–Kier alpha value is -3.63. The Morgan fingerprint density at radius 2 is 1.53 bits per heavy atom. The van der Waals surface area contributed by atoms with E-state index in [9.17, 15) is 4.79 Å². The van der Waals surface area contributed by atoms with Gasteiger partial charge in [0, 0.05) is 74.8 Å². The van der Waals surface area contributed by atoms with E-state index in [1.165, 1.54) is 0 Å². The van der Waals surface area contributed by atoms with E-state index in [-0.39, 0.29) is 5.78 Å². The minimum Gasteiger partial charge on any atom is -0.383 e. The van der Waals surface area contributed by atoms with Crippen LogP contribution >= 0.6 is 43.5 Å². The highest BCUT2D eigenvalue weighted by Crippen LogP contribution is 2.26. The second-order valence-electron chi connectivity index (χ2n) is 10.3. The molecule has 0 aliphatic carbocycles. The number of benzene rings is 3. The number of hydrogen-bond donors (Lipinski definition) is 1. The van der Waals surface area contributed by atoms with Crippen molar-refractivity contribution in [2.45, 2.75) is 13.1 Å². The molecule has 3 aromatic carbocycles. The second-order valence-corrected chi connectivity index (χ2v) is 12.6. The molecule has 1 aliphatic rings. The Bertz CT molecular complexity index is 1770. The van der Waals surface area contributed by atoms with Gasteiger partial charge in [0.1, 0.15) is 0 Å². The van der Waals surface area contributed by atoms with Crippen molar-refractivity contribution in [3.05, 3.63) is 127 Å². The van der Waals surface area contributed by atoms with E-state index in [4.69, 9.17) is 11.6 Å². The van der Waals surface area contributed by atoms with Crippen molar-refractivity contribution in [3.8, 4) is 0 Å². The van der Waals surface area contributed by atoms with Crippen molar-refractivity contribution in [1.82, 2.24) is 24.9 Å². The van der Waals surface area contributed by atoms with Crippen LogP contribution in [0.3, 0.4) is 0 Å². The molecule has 0 bridgehead atoms. The van der Waals surface area contributed by atoms with E-state index in [1.807, 2.05) is 95.8 Å². The number of piperidine rings is 1. The Morgan fingerprint density at radius 3 is 2.19 bits per heavy atom. The van der Waals surface area contributed by atoms with Crippen LogP contribution in [-0.4, -0.2) is 50.3 Å². The first kappa shape index (κ1) is 29.4. The fourth-order valence-electron chi connectivity index (χ4n) is 5.07. The maximum Gasteiger partial charge on any atom is 0.187 e. The summed E-state index contributed by atoms with van der Waals surface area (Å²) in [5.41, 5.74) is 6.17. The SMILES string of the molecule is O=C1C(=Cc2ccc(Br)cc2)CN(Cc2cn(CCNc3ccnc4cc(Cl)ccc34)nn2)CC1=Cc1ccc(Br)cc1. The van der Waals surface area contributed by atoms with E-state index < -0.39 is 0 Å². The lowest BCUT2D eigenvalue weighted by Crippen LogP contribution is -2.37. The molecule has 0 amide bonds. The molecule has 1 N–H and O–H groups in total. The fourth-order valence-corrected chi connectivity index (χ4v) is 5.77. The molecule has 1 aliphatic heterocycles. The topological polar surface area (TPSA) is 75.9 Å². The van der Waals surface area contributed by atoms with Crippen LogP contribution in [0.15, 0.2) is 105 Å². The number of carbonyl (C=O) groups excluding carboxylic acids is 1. The zero-order valence-electron chi connectivity index (χ0n) is 23.1. The summed E-state index contributed by atoms with van der Waals surface area (Å²) in [5.74, 6) is 0.0720. The number of halogens is 3. The Kier molecular flexibility index (Phi) is 9.14. The van der Waals surface area contributed by atoms with Gasteiger partial charge in [0.15, 0.2) is 5.78 Å². The van der Waals surface area contributed by atoms with Gasteiger partial charge in [0.05, 0.1) is 17.8 Å². The molecule has 0 spiro atoms. The molecule has 1 fully saturated rings. The van der Waals surface area contributed by atoms with Crippen LogP contribution in [0, 0.1) is 0 Å². The smallest absolute Gasteiger partial charge is 0.187 e. The van der Waals surface area contributed by atoms with Gasteiger partial charge in [-0.2, -0.15) is 0 Å². The van der Waals surface area contributed by atoms with E-state index in [2.05, 4.69) is 57.4 Å². The number of aromatic nitrogens is 4. The van der Waals surface area contributed by atoms with Crippen LogP contribution < -0.4 is 5.32 Å². The highest BCUT2D eigenvalue weighted by molar-refractivity contribution is 9.10. The number of hydrogen-bond acceptors (Lipinski definition) is 6. The lowest BCUT2D eigenvalue weighted by atomic mass is 9.94. The van der Waals surface area contributed by atoms with Crippen LogP contribution in [-0.2, 0) is 17.9 Å². The quantitative estimate of drug-likeness (QED) is 0.166. The highest BCUT2D eigenvalue weighted by Gasteiger charge is 2.27. The molecule has 0 radical (unpaired) electrons. The summed E-state index contributed by atoms with van der Waals surface area (Å²) >= 11 is 13.1. The van der Waals surface area contributed by atoms with Crippen molar-refractivity contribution < 1.29 is 4.79 Å². The van der Waals surface area contributed by atoms with E-state index in [1.54, 1.807) is 6.20 Å². The number of fused-ring (bicyclic) bond motifs is 1. The predicted octanol–water partition coefficient (Wildman–Crippen LogP) is 7.67. The molecule has 7 nitrogen and oxygen atoms in total. The molecule has 6 rings (SSSR count). The standard InChI is InChI=1S/C33H27Br2ClN6O/c34-26-5-1-22(2-6-26)15-24-18-41(19-25(33(24)43)16-23-3-7-27(35)8-4-23)20-29-21-42(40-39-29)14-13-38-31-11-12-37-32-17-28(36)9-10-30(31)32/h1-12,15-17,21H,13-14,18-20H2,(H,37,38). The van der Waals surface area contributed by atoms with Gasteiger partial charge < -0.3 is 5.32 Å². The molecule has 0 unspecified atom stereocenters. The van der Waals surface area contributed by atoms with Crippen molar-refractivity contribution in [3.63, 3.8) is 0 Å². The lowest BCUT2D eigenvalue weighted by molar-refractivity contribution is -0.113. The van der Waals surface area contributed by atoms with Gasteiger partial charge >= 0.3 is 0 Å². The summed E-state index contributed by atoms with van der Waals surface area (Å²) in [6.07, 6.45) is 7.71. The van der Waals surface area contributed by atoms with Crippen LogP contribution in [0.25, 0.3) is 23.1 Å². The number of rotatable bonds is 8. The number of likely N-dealkylation sites (tertiary alicyclic amines) is 1. The van der Waals surface area contributed by atoms with Crippen LogP contribution in [0.4, 0.5) is 5.69 Å². The maximum atomic E-state index is 13.6. The summed E-state index contributed by atoms with van der Waals surface area (Å²) in [6, 6.07) is 23.6. The van der Waals surface area contributed by atoms with E-state index in [0.717, 1.165) is 53.5 Å². The van der Waals surface area contributed by atoms with Gasteiger partial charge in [-0.3, -0.25) is 19.4 Å². The largest absolute Gasteiger partial charge is 0.383 e. The zero-order valence-corrected chi connectivity index (χ0v) is 27.0. The Morgan fingerprint density at radius 1 is 0.884 bits per heavy atom. The number of pyridine rings is 1. The monoisotopic (exact) mass is 716 g/mol. The van der Waals surface area contributed by atoms with Crippen LogP contribution in [0.1, 0.15) is 16.8 Å². The van der Waals surface area contributed by atoms with Crippen LogP contribution in [0.2, 0.25) is 5.02 Å². The number of anilines is 1. The highest BCUT2D eigenvalue weighted by atomic mass is 79.9. The summed E-state index contributed by atoms with van der Waals surface area (Å²) in [4.78, 5) is 20.2. The summed E-state index contributed by atoms with van der Waals surface area (Å²) < 4.78 is 3.84. The van der Waals surface area contributed by atoms with Gasteiger partial charge in [0.25, 0.3) is 0 Å². The third-order valence-electron chi connectivity index (χ3n) is 7.13. The zero-order chi connectivity index (χ0) is 29.8.